The van der Waals surface area contributed by atoms with E-state index in [1.807, 2.05) is 32.9 Å². The lowest BCUT2D eigenvalue weighted by atomic mass is 10.0. The maximum atomic E-state index is 12.2. The third-order valence-corrected chi connectivity index (χ3v) is 6.99. The van der Waals surface area contributed by atoms with Gasteiger partial charge in [-0.15, -0.1) is 0 Å². The molecule has 2 aromatic rings. The van der Waals surface area contributed by atoms with Crippen molar-refractivity contribution in [2.75, 3.05) is 32.9 Å². The Kier molecular flexibility index (Phi) is 9.58. The van der Waals surface area contributed by atoms with Gasteiger partial charge in [0, 0.05) is 31.8 Å². The van der Waals surface area contributed by atoms with Crippen molar-refractivity contribution in [3.8, 4) is 17.5 Å². The molecule has 1 aromatic heterocycles. The number of hydrogen-bond acceptors (Lipinski definition) is 9. The monoisotopic (exact) mass is 553 g/mol. The molecule has 4 rings (SSSR count). The van der Waals surface area contributed by atoms with Gasteiger partial charge in [-0.2, -0.15) is 4.21 Å². The lowest BCUT2D eigenvalue weighted by Crippen LogP contribution is -2.42. The van der Waals surface area contributed by atoms with Crippen LogP contribution in [0.2, 0.25) is 5.02 Å². The van der Waals surface area contributed by atoms with E-state index in [4.69, 9.17) is 34.2 Å². The summed E-state index contributed by atoms with van der Waals surface area (Å²) < 4.78 is 38.7. The highest BCUT2D eigenvalue weighted by atomic mass is 35.5. The predicted octanol–water partition coefficient (Wildman–Crippen LogP) is 4.65. The Morgan fingerprint density at radius 3 is 2.57 bits per heavy atom. The summed E-state index contributed by atoms with van der Waals surface area (Å²) in [5.74, 6) is 1.65. The Morgan fingerprint density at radius 2 is 1.89 bits per heavy atom. The molecule has 1 aromatic carbocycles. The van der Waals surface area contributed by atoms with E-state index < -0.39 is 11.4 Å². The van der Waals surface area contributed by atoms with Crippen LogP contribution in [-0.2, 0) is 30.9 Å². The zero-order chi connectivity index (χ0) is 26.4. The van der Waals surface area contributed by atoms with Crippen LogP contribution in [0.4, 0.5) is 4.79 Å². The number of carbonyl (C=O) groups is 1. The van der Waals surface area contributed by atoms with E-state index in [1.165, 1.54) is 6.33 Å². The number of hydrogen-bond donors (Lipinski definition) is 0. The van der Waals surface area contributed by atoms with Crippen LogP contribution in [0.3, 0.4) is 0 Å². The third kappa shape index (κ3) is 7.76. The molecule has 0 spiro atoms. The molecule has 0 radical (unpaired) electrons. The minimum Gasteiger partial charge on any atom is -0.474 e. The number of nitrogens with zero attached hydrogens (tertiary/aromatic N) is 3. The maximum Gasteiger partial charge on any atom is 0.409 e. The molecule has 3 heterocycles. The Bertz CT molecular complexity index is 1100. The lowest BCUT2D eigenvalue weighted by Gasteiger charge is -2.31. The van der Waals surface area contributed by atoms with Gasteiger partial charge < -0.3 is 19.1 Å². The Morgan fingerprint density at radius 1 is 1.19 bits per heavy atom. The normalized spacial score (nSPS) is 20.6. The molecule has 0 N–H and O–H groups in total. The third-order valence-electron chi connectivity index (χ3n) is 6.04. The fraction of sp³-hybridized carbons (Fsp3) is 0.560. The summed E-state index contributed by atoms with van der Waals surface area (Å²) >= 11 is 4.84. The molecule has 2 aliphatic rings. The maximum absolute atomic E-state index is 12.2. The van der Waals surface area contributed by atoms with Crippen molar-refractivity contribution in [1.29, 1.82) is 0 Å². The molecule has 0 atom stereocenters. The molecule has 1 amide bonds. The number of ether oxygens (including phenoxy) is 3. The first kappa shape index (κ1) is 27.6. The van der Waals surface area contributed by atoms with Gasteiger partial charge in [-0.3, -0.25) is 8.37 Å². The number of aromatic nitrogens is 2. The summed E-state index contributed by atoms with van der Waals surface area (Å²) in [5.41, 5.74) is 1.65. The average molecular weight is 554 g/mol. The highest BCUT2D eigenvalue weighted by molar-refractivity contribution is 7.75. The Balaban J connectivity index is 1.32. The molecule has 202 valence electrons. The van der Waals surface area contributed by atoms with Gasteiger partial charge in [0.15, 0.2) is 0 Å². The summed E-state index contributed by atoms with van der Waals surface area (Å²) in [5, 5.41) is 0.441. The van der Waals surface area contributed by atoms with E-state index in [-0.39, 0.29) is 18.1 Å². The van der Waals surface area contributed by atoms with Gasteiger partial charge in [-0.25, -0.2) is 14.8 Å². The minimum atomic E-state index is -1.65. The molecule has 2 fully saturated rings. The number of likely N-dealkylation sites (tertiary alicyclic amines) is 1. The predicted molar refractivity (Wildman–Crippen MR) is 137 cm³/mol. The number of benzene rings is 1. The number of amides is 1. The molecule has 12 heteroatoms. The summed E-state index contributed by atoms with van der Waals surface area (Å²) in [6, 6.07) is 5.54. The molecule has 0 saturated carbocycles. The first-order valence-corrected chi connectivity index (χ1v) is 13.7. The molecular formula is C25H32ClN3O7S. The highest BCUT2D eigenvalue weighted by Gasteiger charge is 2.26. The van der Waals surface area contributed by atoms with Crippen molar-refractivity contribution < 1.29 is 31.6 Å². The molecule has 0 bridgehead atoms. The Labute approximate surface area is 224 Å². The topological polar surface area (TPSA) is 109 Å². The van der Waals surface area contributed by atoms with Crippen LogP contribution in [0.5, 0.6) is 17.5 Å². The van der Waals surface area contributed by atoms with Gasteiger partial charge in [0.1, 0.15) is 18.2 Å². The van der Waals surface area contributed by atoms with Crippen LogP contribution >= 0.6 is 11.6 Å². The van der Waals surface area contributed by atoms with Crippen LogP contribution < -0.4 is 9.47 Å². The van der Waals surface area contributed by atoms with Crippen LogP contribution in [0.25, 0.3) is 0 Å². The highest BCUT2D eigenvalue weighted by Crippen LogP contribution is 2.34. The fourth-order valence-electron chi connectivity index (χ4n) is 3.98. The molecule has 0 unspecified atom stereocenters. The van der Waals surface area contributed by atoms with Gasteiger partial charge in [0.05, 0.1) is 30.4 Å². The van der Waals surface area contributed by atoms with Gasteiger partial charge in [-0.1, -0.05) is 31.5 Å². The lowest BCUT2D eigenvalue weighted by molar-refractivity contribution is 0.0603. The van der Waals surface area contributed by atoms with Crippen molar-refractivity contribution in [2.45, 2.75) is 46.1 Å². The van der Waals surface area contributed by atoms with Gasteiger partial charge in [0.2, 0.25) is 11.8 Å². The first-order chi connectivity index (χ1) is 17.8. The number of carbonyl (C=O) groups excluding carboxylic acids is 1. The van der Waals surface area contributed by atoms with Crippen molar-refractivity contribution in [3.63, 3.8) is 0 Å². The summed E-state index contributed by atoms with van der Waals surface area (Å²) in [6.45, 7) is 8.13. The first-order valence-electron chi connectivity index (χ1n) is 12.3. The summed E-state index contributed by atoms with van der Waals surface area (Å²) in [7, 11) is 0. The largest absolute Gasteiger partial charge is 0.474 e. The fourth-order valence-corrected chi connectivity index (χ4v) is 4.90. The summed E-state index contributed by atoms with van der Waals surface area (Å²) in [4.78, 5) is 22.5. The van der Waals surface area contributed by atoms with E-state index in [0.717, 1.165) is 5.56 Å². The second-order valence-electron chi connectivity index (χ2n) is 9.59. The second kappa shape index (κ2) is 12.9. The standard InChI is InChI=1S/C25H32ClN3O7S/c1-16(2)12-32-25(30)29-8-6-20(7-9-29)35-23-17(3)24(28-15-27-23)36-22-5-4-18(11-21(22)26)10-19-13-33-37(31)34-14-19/h4-5,11,15-16,19-20H,6-10,12-14H2,1-3H3/t19-,37+. The minimum absolute atomic E-state index is 0.0800. The van der Waals surface area contributed by atoms with Crippen molar-refractivity contribution in [1.82, 2.24) is 14.9 Å². The van der Waals surface area contributed by atoms with Crippen LogP contribution in [0, 0.1) is 18.8 Å². The van der Waals surface area contributed by atoms with Crippen molar-refractivity contribution >= 4 is 29.1 Å². The average Bonchev–Trinajstić information content (AvgIpc) is 2.88. The zero-order valence-electron chi connectivity index (χ0n) is 21.2. The van der Waals surface area contributed by atoms with Crippen LogP contribution in [0.1, 0.15) is 37.8 Å². The SMILES string of the molecule is Cc1c(Oc2ccc(C[C@H]3CO[S@@](=O)OC3)cc2Cl)ncnc1OC1CCN(C(=O)OCC(C)C)CC1. The molecule has 2 saturated heterocycles. The summed E-state index contributed by atoms with van der Waals surface area (Å²) in [6.07, 6.45) is 3.07. The van der Waals surface area contributed by atoms with E-state index >= 15 is 0 Å². The molecule has 0 aliphatic carbocycles. The van der Waals surface area contributed by atoms with Crippen molar-refractivity contribution in [2.24, 2.45) is 11.8 Å². The van der Waals surface area contributed by atoms with Crippen LogP contribution in [-0.4, -0.2) is 64.2 Å². The second-order valence-corrected chi connectivity index (χ2v) is 10.9. The number of halogens is 1. The van der Waals surface area contributed by atoms with Gasteiger partial charge >= 0.3 is 17.5 Å². The van der Waals surface area contributed by atoms with E-state index in [1.54, 1.807) is 11.0 Å². The Hall–Kier alpha value is -2.47. The zero-order valence-corrected chi connectivity index (χ0v) is 22.8. The molecular weight excluding hydrogens is 522 g/mol. The smallest absolute Gasteiger partial charge is 0.409 e. The molecule has 10 nitrogen and oxygen atoms in total. The number of rotatable bonds is 8. The quantitative estimate of drug-likeness (QED) is 0.461. The molecule has 2 aliphatic heterocycles. The van der Waals surface area contributed by atoms with E-state index in [9.17, 15) is 9.00 Å². The number of piperidine rings is 1. The molecule has 37 heavy (non-hydrogen) atoms. The van der Waals surface area contributed by atoms with E-state index in [2.05, 4.69) is 9.97 Å². The van der Waals surface area contributed by atoms with E-state index in [0.29, 0.717) is 86.2 Å². The van der Waals surface area contributed by atoms with Crippen LogP contribution in [0.15, 0.2) is 24.5 Å². The van der Waals surface area contributed by atoms with Gasteiger partial charge in [-0.05, 0) is 37.0 Å². The van der Waals surface area contributed by atoms with Crippen molar-refractivity contribution in [3.05, 3.63) is 40.7 Å². The van der Waals surface area contributed by atoms with Gasteiger partial charge in [0.25, 0.3) is 0 Å².